The van der Waals surface area contributed by atoms with Crippen LogP contribution in [-0.4, -0.2) is 85.6 Å². The van der Waals surface area contributed by atoms with Crippen LogP contribution in [0.25, 0.3) is 0 Å². The van der Waals surface area contributed by atoms with Crippen molar-refractivity contribution in [3.63, 3.8) is 0 Å². The monoisotopic (exact) mass is 358 g/mol. The molecule has 0 aromatic carbocycles. The number of rotatable bonds is 5. The number of aromatic nitrogens is 2. The zero-order valence-corrected chi connectivity index (χ0v) is 14.7. The third kappa shape index (κ3) is 3.13. The van der Waals surface area contributed by atoms with Gasteiger partial charge in [-0.05, 0) is 6.92 Å². The smallest absolute Gasteiger partial charge is 0.274 e. The summed E-state index contributed by atoms with van der Waals surface area (Å²) in [7, 11) is -1.86. The van der Waals surface area contributed by atoms with E-state index in [1.165, 1.54) is 11.4 Å². The molecule has 1 aromatic heterocycles. The van der Waals surface area contributed by atoms with E-state index in [-0.39, 0.29) is 18.3 Å². The summed E-state index contributed by atoms with van der Waals surface area (Å²) in [6.45, 7) is 4.51. The Bertz CT molecular complexity index is 722. The van der Waals surface area contributed by atoms with Crippen LogP contribution in [0.3, 0.4) is 0 Å². The van der Waals surface area contributed by atoms with E-state index in [4.69, 9.17) is 9.47 Å². The molecule has 3 rings (SSSR count). The Morgan fingerprint density at radius 3 is 2.58 bits per heavy atom. The minimum Gasteiger partial charge on any atom is -0.476 e. The normalized spacial score (nSPS) is 18.5. The second-order valence-corrected chi connectivity index (χ2v) is 7.94. The molecule has 2 aliphatic heterocycles. The molecule has 0 N–H and O–H groups in total. The van der Waals surface area contributed by atoms with Gasteiger partial charge in [0.2, 0.25) is 15.9 Å². The van der Waals surface area contributed by atoms with Crippen molar-refractivity contribution in [1.29, 1.82) is 0 Å². The Labute approximate surface area is 141 Å². The van der Waals surface area contributed by atoms with Crippen LogP contribution < -0.4 is 4.74 Å². The van der Waals surface area contributed by atoms with Crippen molar-refractivity contribution in [2.24, 2.45) is 0 Å². The summed E-state index contributed by atoms with van der Waals surface area (Å²) in [6.07, 6.45) is 0. The molecule has 1 saturated heterocycles. The van der Waals surface area contributed by atoms with Gasteiger partial charge in [-0.15, -0.1) is 0 Å². The Morgan fingerprint density at radius 2 is 1.96 bits per heavy atom. The maximum Gasteiger partial charge on any atom is 0.274 e. The molecular weight excluding hydrogens is 336 g/mol. The molecule has 2 aliphatic rings. The molecule has 9 nitrogen and oxygen atoms in total. The average Bonchev–Trinajstić information content (AvgIpc) is 3.16. The lowest BCUT2D eigenvalue weighted by atomic mass is 10.2. The zero-order valence-electron chi connectivity index (χ0n) is 13.9. The Balaban J connectivity index is 1.64. The van der Waals surface area contributed by atoms with Gasteiger partial charge in [-0.25, -0.2) is 13.1 Å². The van der Waals surface area contributed by atoms with E-state index in [0.717, 1.165) is 5.56 Å². The molecule has 0 aliphatic carbocycles. The number of methoxy groups -OCH3 is 1. The van der Waals surface area contributed by atoms with Crippen LogP contribution in [0.5, 0.6) is 5.88 Å². The maximum absolute atomic E-state index is 12.7. The Hall–Kier alpha value is -1.65. The van der Waals surface area contributed by atoms with E-state index in [1.807, 2.05) is 6.92 Å². The van der Waals surface area contributed by atoms with E-state index in [0.29, 0.717) is 50.9 Å². The van der Waals surface area contributed by atoms with Gasteiger partial charge in [0.15, 0.2) is 5.69 Å². The van der Waals surface area contributed by atoms with Crippen molar-refractivity contribution >= 4 is 15.9 Å². The van der Waals surface area contributed by atoms with Gasteiger partial charge < -0.3 is 14.4 Å². The number of hydrogen-bond acceptors (Lipinski definition) is 6. The van der Waals surface area contributed by atoms with Crippen molar-refractivity contribution in [2.45, 2.75) is 13.5 Å². The van der Waals surface area contributed by atoms with Crippen molar-refractivity contribution in [3.8, 4) is 5.88 Å². The number of piperazine rings is 1. The Morgan fingerprint density at radius 1 is 1.25 bits per heavy atom. The van der Waals surface area contributed by atoms with Crippen molar-refractivity contribution in [3.05, 3.63) is 11.3 Å². The van der Waals surface area contributed by atoms with Crippen molar-refractivity contribution < 1.29 is 22.7 Å². The summed E-state index contributed by atoms with van der Waals surface area (Å²) in [6, 6.07) is 0. The lowest BCUT2D eigenvalue weighted by molar-refractivity contribution is 0.0689. The first-order valence-electron chi connectivity index (χ1n) is 7.90. The molecule has 3 heterocycles. The molecule has 0 spiro atoms. The SMILES string of the molecule is COCCS(=O)(=O)N1CCN(C(=O)c2nn3c(c2C)OCC3)CC1. The van der Waals surface area contributed by atoms with Gasteiger partial charge in [-0.1, -0.05) is 0 Å². The lowest BCUT2D eigenvalue weighted by Crippen LogP contribution is -2.51. The van der Waals surface area contributed by atoms with Gasteiger partial charge in [-0.2, -0.15) is 9.40 Å². The van der Waals surface area contributed by atoms with Crippen LogP contribution in [-0.2, 0) is 21.3 Å². The predicted octanol–water partition coefficient (Wildman–Crippen LogP) is -0.682. The number of carbonyl (C=O) groups is 1. The van der Waals surface area contributed by atoms with Crippen LogP contribution in [0.4, 0.5) is 0 Å². The molecule has 24 heavy (non-hydrogen) atoms. The topological polar surface area (TPSA) is 94.0 Å². The molecule has 0 atom stereocenters. The molecule has 134 valence electrons. The fraction of sp³-hybridized carbons (Fsp3) is 0.714. The molecule has 1 fully saturated rings. The third-order valence-corrected chi connectivity index (χ3v) is 6.17. The number of fused-ring (bicyclic) bond motifs is 1. The summed E-state index contributed by atoms with van der Waals surface area (Å²) >= 11 is 0. The molecular formula is C14H22N4O5S. The van der Waals surface area contributed by atoms with E-state index in [1.54, 1.807) is 9.58 Å². The highest BCUT2D eigenvalue weighted by molar-refractivity contribution is 7.89. The number of hydrogen-bond donors (Lipinski definition) is 0. The first-order chi connectivity index (χ1) is 11.4. The van der Waals surface area contributed by atoms with Gasteiger partial charge >= 0.3 is 0 Å². The molecule has 0 radical (unpaired) electrons. The predicted molar refractivity (Wildman–Crippen MR) is 85.6 cm³/mol. The molecule has 0 saturated carbocycles. The van der Waals surface area contributed by atoms with Crippen molar-refractivity contribution in [2.75, 3.05) is 52.3 Å². The van der Waals surface area contributed by atoms with Crippen LogP contribution in [0.1, 0.15) is 16.1 Å². The van der Waals surface area contributed by atoms with E-state index < -0.39 is 10.0 Å². The number of ether oxygens (including phenoxy) is 2. The first-order valence-corrected chi connectivity index (χ1v) is 9.51. The van der Waals surface area contributed by atoms with Gasteiger partial charge in [0.05, 0.1) is 18.9 Å². The van der Waals surface area contributed by atoms with E-state index >= 15 is 0 Å². The second-order valence-electron chi connectivity index (χ2n) is 5.85. The fourth-order valence-electron chi connectivity index (χ4n) is 2.94. The average molecular weight is 358 g/mol. The van der Waals surface area contributed by atoms with Crippen molar-refractivity contribution in [1.82, 2.24) is 19.0 Å². The highest BCUT2D eigenvalue weighted by Gasteiger charge is 2.32. The van der Waals surface area contributed by atoms with Crippen LogP contribution in [0, 0.1) is 6.92 Å². The minimum atomic E-state index is -3.33. The summed E-state index contributed by atoms with van der Waals surface area (Å²) in [5.41, 5.74) is 1.13. The summed E-state index contributed by atoms with van der Waals surface area (Å²) in [5, 5.41) is 4.33. The first kappa shape index (κ1) is 17.2. The number of carbonyl (C=O) groups excluding carboxylic acids is 1. The zero-order chi connectivity index (χ0) is 17.3. The van der Waals surface area contributed by atoms with Gasteiger partial charge in [0.1, 0.15) is 6.61 Å². The summed E-state index contributed by atoms with van der Waals surface area (Å²) in [4.78, 5) is 14.3. The highest BCUT2D eigenvalue weighted by Crippen LogP contribution is 2.26. The summed E-state index contributed by atoms with van der Waals surface area (Å²) in [5.74, 6) is 0.438. The van der Waals surface area contributed by atoms with Crippen LogP contribution in [0.2, 0.25) is 0 Å². The maximum atomic E-state index is 12.7. The number of sulfonamides is 1. The standard InChI is InChI=1S/C14H22N4O5S/c1-11-12(15-18-7-8-23-14(11)18)13(19)16-3-5-17(6-4-16)24(20,21)10-9-22-2/h3-10H2,1-2H3. The van der Waals surface area contributed by atoms with Gasteiger partial charge in [0.25, 0.3) is 5.91 Å². The van der Waals surface area contributed by atoms with E-state index in [9.17, 15) is 13.2 Å². The summed E-state index contributed by atoms with van der Waals surface area (Å²) < 4.78 is 37.7. The lowest BCUT2D eigenvalue weighted by Gasteiger charge is -2.33. The Kier molecular flexibility index (Phi) is 4.79. The molecule has 1 amide bonds. The minimum absolute atomic E-state index is 0.0400. The molecule has 0 bridgehead atoms. The quantitative estimate of drug-likeness (QED) is 0.692. The fourth-order valence-corrected chi connectivity index (χ4v) is 4.29. The van der Waals surface area contributed by atoms with Crippen LogP contribution >= 0.6 is 0 Å². The molecule has 0 unspecified atom stereocenters. The third-order valence-electron chi connectivity index (χ3n) is 4.34. The van der Waals surface area contributed by atoms with E-state index in [2.05, 4.69) is 5.10 Å². The van der Waals surface area contributed by atoms with Crippen LogP contribution in [0.15, 0.2) is 0 Å². The van der Waals surface area contributed by atoms with Gasteiger partial charge in [-0.3, -0.25) is 4.79 Å². The largest absolute Gasteiger partial charge is 0.476 e. The van der Waals surface area contributed by atoms with Gasteiger partial charge in [0, 0.05) is 38.9 Å². The highest BCUT2D eigenvalue weighted by atomic mass is 32.2. The molecule has 1 aromatic rings. The number of nitrogens with zero attached hydrogens (tertiary/aromatic N) is 4. The molecule has 10 heteroatoms. The second kappa shape index (κ2) is 6.69. The number of amides is 1.